The summed E-state index contributed by atoms with van der Waals surface area (Å²) in [7, 11) is 0. The molecular weight excluding hydrogens is 176 g/mol. The summed E-state index contributed by atoms with van der Waals surface area (Å²) < 4.78 is 0. The molecule has 4 N–H and O–H groups in total. The summed E-state index contributed by atoms with van der Waals surface area (Å²) in [5.41, 5.74) is 5.08. The van der Waals surface area contributed by atoms with Crippen LogP contribution in [0.3, 0.4) is 0 Å². The highest BCUT2D eigenvalue weighted by atomic mass is 16.4. The topological polar surface area (TPSA) is 109 Å². The maximum atomic E-state index is 11.2. The Hall–Kier alpha value is -1.43. The fraction of sp³-hybridized carbons (Fsp3) is 0.571. The van der Waals surface area contributed by atoms with Gasteiger partial charge in [-0.25, -0.2) is 0 Å². The normalized spacial score (nSPS) is 23.8. The van der Waals surface area contributed by atoms with Crippen LogP contribution in [0.15, 0.2) is 0 Å². The van der Waals surface area contributed by atoms with Crippen LogP contribution >= 0.6 is 0 Å². The minimum absolute atomic E-state index is 0.240. The number of nitrogens with two attached hydrogens (primary N) is 1. The zero-order chi connectivity index (χ0) is 10.0. The molecule has 0 radical (unpaired) electrons. The lowest BCUT2D eigenvalue weighted by Crippen LogP contribution is -2.48. The first kappa shape index (κ1) is 9.66. The Kier molecular flexibility index (Phi) is 2.62. The van der Waals surface area contributed by atoms with Crippen molar-refractivity contribution in [3.8, 4) is 0 Å². The van der Waals surface area contributed by atoms with Crippen LogP contribution in [0.1, 0.15) is 12.8 Å². The van der Waals surface area contributed by atoms with Gasteiger partial charge in [-0.05, 0) is 6.42 Å². The molecule has 6 nitrogen and oxygen atoms in total. The van der Waals surface area contributed by atoms with Crippen LogP contribution in [0.4, 0.5) is 0 Å². The molecule has 1 heterocycles. The molecule has 1 rings (SSSR count). The van der Waals surface area contributed by atoms with E-state index >= 15 is 0 Å². The molecule has 2 atom stereocenters. The number of amides is 1. The lowest BCUT2D eigenvalue weighted by atomic mass is 10.0. The van der Waals surface area contributed by atoms with Gasteiger partial charge in [0.05, 0.1) is 6.04 Å². The average molecular weight is 186 g/mol. The fourth-order valence-corrected chi connectivity index (χ4v) is 1.17. The van der Waals surface area contributed by atoms with E-state index in [1.165, 1.54) is 0 Å². The predicted molar refractivity (Wildman–Crippen MR) is 41.8 cm³/mol. The molecule has 0 aromatic carbocycles. The zero-order valence-corrected chi connectivity index (χ0v) is 6.82. The van der Waals surface area contributed by atoms with Crippen molar-refractivity contribution < 1.29 is 19.5 Å². The number of ketones is 1. The monoisotopic (exact) mass is 186 g/mol. The summed E-state index contributed by atoms with van der Waals surface area (Å²) in [6.07, 6.45) is 0.585. The minimum atomic E-state index is -1.54. The highest BCUT2D eigenvalue weighted by Gasteiger charge is 2.33. The lowest BCUT2D eigenvalue weighted by Gasteiger charge is -2.11. The molecule has 0 aromatic heterocycles. The van der Waals surface area contributed by atoms with E-state index in [9.17, 15) is 14.4 Å². The SMILES string of the molecule is NC(C(=O)O)C(=O)C1CCC(=O)N1. The Morgan fingerprint density at radius 1 is 1.62 bits per heavy atom. The Balaban J connectivity index is 2.58. The van der Waals surface area contributed by atoms with Crippen molar-refractivity contribution in [3.63, 3.8) is 0 Å². The number of rotatable bonds is 3. The van der Waals surface area contributed by atoms with E-state index in [0.717, 1.165) is 0 Å². The van der Waals surface area contributed by atoms with Crippen LogP contribution in [-0.4, -0.2) is 34.8 Å². The smallest absolute Gasteiger partial charge is 0.328 e. The summed E-state index contributed by atoms with van der Waals surface area (Å²) in [5.74, 6) is -2.25. The number of carboxylic acids is 1. The molecule has 1 fully saturated rings. The number of Topliss-reactive ketones (excluding diaryl/α,β-unsaturated/α-hetero) is 1. The van der Waals surface area contributed by atoms with Crippen molar-refractivity contribution in [2.45, 2.75) is 24.9 Å². The number of hydrogen-bond donors (Lipinski definition) is 3. The van der Waals surface area contributed by atoms with Gasteiger partial charge < -0.3 is 16.2 Å². The van der Waals surface area contributed by atoms with Crippen LogP contribution in [0.2, 0.25) is 0 Å². The molecule has 0 aromatic rings. The Bertz CT molecular complexity index is 263. The number of carbonyl (C=O) groups excluding carboxylic acids is 2. The van der Waals surface area contributed by atoms with Crippen LogP contribution in [0, 0.1) is 0 Å². The van der Waals surface area contributed by atoms with Gasteiger partial charge in [-0.1, -0.05) is 0 Å². The summed E-state index contributed by atoms with van der Waals surface area (Å²) in [6, 6.07) is -2.26. The first-order valence-electron chi connectivity index (χ1n) is 3.84. The largest absolute Gasteiger partial charge is 0.480 e. The van der Waals surface area contributed by atoms with E-state index in [-0.39, 0.29) is 12.3 Å². The second-order valence-electron chi connectivity index (χ2n) is 2.88. The van der Waals surface area contributed by atoms with Gasteiger partial charge in [-0.15, -0.1) is 0 Å². The van der Waals surface area contributed by atoms with Gasteiger partial charge in [0.1, 0.15) is 0 Å². The van der Waals surface area contributed by atoms with Crippen molar-refractivity contribution >= 4 is 17.7 Å². The molecule has 0 bridgehead atoms. The highest BCUT2D eigenvalue weighted by molar-refractivity contribution is 6.06. The molecule has 0 aliphatic carbocycles. The van der Waals surface area contributed by atoms with E-state index in [1.807, 2.05) is 0 Å². The van der Waals surface area contributed by atoms with E-state index in [0.29, 0.717) is 6.42 Å². The first-order chi connectivity index (χ1) is 6.02. The predicted octanol–water partition coefficient (Wildman–Crippen LogP) is -1.75. The summed E-state index contributed by atoms with van der Waals surface area (Å²) in [5, 5.41) is 10.8. The third kappa shape index (κ3) is 2.03. The van der Waals surface area contributed by atoms with Gasteiger partial charge in [0.25, 0.3) is 0 Å². The first-order valence-corrected chi connectivity index (χ1v) is 3.84. The minimum Gasteiger partial charge on any atom is -0.480 e. The van der Waals surface area contributed by atoms with E-state index < -0.39 is 23.8 Å². The van der Waals surface area contributed by atoms with Crippen LogP contribution in [0.5, 0.6) is 0 Å². The van der Waals surface area contributed by atoms with Crippen molar-refractivity contribution in [2.75, 3.05) is 0 Å². The number of carbonyl (C=O) groups is 3. The molecule has 1 aliphatic rings. The van der Waals surface area contributed by atoms with E-state index in [4.69, 9.17) is 10.8 Å². The molecule has 1 amide bonds. The zero-order valence-electron chi connectivity index (χ0n) is 6.82. The van der Waals surface area contributed by atoms with E-state index in [2.05, 4.69) is 5.32 Å². The maximum Gasteiger partial charge on any atom is 0.328 e. The van der Waals surface area contributed by atoms with Crippen LogP contribution in [-0.2, 0) is 14.4 Å². The molecule has 2 unspecified atom stereocenters. The molecule has 1 aliphatic heterocycles. The second kappa shape index (κ2) is 3.53. The standard InChI is InChI=1S/C7H10N2O4/c8-5(7(12)13)6(11)3-1-2-4(10)9-3/h3,5H,1-2,8H2,(H,9,10)(H,12,13). The van der Waals surface area contributed by atoms with Gasteiger partial charge >= 0.3 is 5.97 Å². The third-order valence-corrected chi connectivity index (χ3v) is 1.91. The molecule has 1 saturated heterocycles. The summed E-state index contributed by atoms with van der Waals surface area (Å²) >= 11 is 0. The molecule has 72 valence electrons. The summed E-state index contributed by atoms with van der Waals surface area (Å²) in [6.45, 7) is 0. The number of hydrogen-bond acceptors (Lipinski definition) is 4. The molecule has 13 heavy (non-hydrogen) atoms. The maximum absolute atomic E-state index is 11.2. The fourth-order valence-electron chi connectivity index (χ4n) is 1.17. The van der Waals surface area contributed by atoms with Crippen molar-refractivity contribution in [1.29, 1.82) is 0 Å². The van der Waals surface area contributed by atoms with Crippen molar-refractivity contribution in [2.24, 2.45) is 5.73 Å². The Morgan fingerprint density at radius 2 is 2.23 bits per heavy atom. The summed E-state index contributed by atoms with van der Waals surface area (Å²) in [4.78, 5) is 32.2. The van der Waals surface area contributed by atoms with Crippen LogP contribution in [0.25, 0.3) is 0 Å². The molecular formula is C7H10N2O4. The third-order valence-electron chi connectivity index (χ3n) is 1.91. The number of nitrogens with one attached hydrogen (secondary N) is 1. The van der Waals surface area contributed by atoms with E-state index in [1.54, 1.807) is 0 Å². The van der Waals surface area contributed by atoms with Crippen molar-refractivity contribution in [1.82, 2.24) is 5.32 Å². The molecule has 0 spiro atoms. The molecule has 0 saturated carbocycles. The molecule has 6 heteroatoms. The highest BCUT2D eigenvalue weighted by Crippen LogP contribution is 2.08. The number of aliphatic carboxylic acids is 1. The average Bonchev–Trinajstić information content (AvgIpc) is 2.49. The Morgan fingerprint density at radius 3 is 2.62 bits per heavy atom. The van der Waals surface area contributed by atoms with Gasteiger partial charge in [-0.2, -0.15) is 0 Å². The Labute approximate surface area is 74.1 Å². The van der Waals surface area contributed by atoms with Crippen LogP contribution < -0.4 is 11.1 Å². The quantitative estimate of drug-likeness (QED) is 0.452. The van der Waals surface area contributed by atoms with Gasteiger partial charge in [0, 0.05) is 6.42 Å². The second-order valence-corrected chi connectivity index (χ2v) is 2.88. The van der Waals surface area contributed by atoms with Gasteiger partial charge in [0.2, 0.25) is 5.91 Å². The van der Waals surface area contributed by atoms with Crippen molar-refractivity contribution in [3.05, 3.63) is 0 Å². The van der Waals surface area contributed by atoms with Gasteiger partial charge in [-0.3, -0.25) is 14.4 Å². The lowest BCUT2D eigenvalue weighted by molar-refractivity contribution is -0.143. The van der Waals surface area contributed by atoms with Gasteiger partial charge in [0.15, 0.2) is 11.8 Å². The number of carboxylic acid groups (broad SMARTS) is 1.